The second-order valence-electron chi connectivity index (χ2n) is 17.5. The van der Waals surface area contributed by atoms with Crippen LogP contribution in [0.25, 0.3) is 0 Å². The molecule has 1 atom stereocenters. The number of unbranched alkanes of at least 4 members (excludes halogenated alkanes) is 3. The molecule has 3 heterocycles. The number of nitrogens with zero attached hydrogens (tertiary/aromatic N) is 6. The van der Waals surface area contributed by atoms with Crippen LogP contribution in [0.5, 0.6) is 0 Å². The molecule has 2 fully saturated rings. The molecule has 3 rings (SSSR count). The van der Waals surface area contributed by atoms with Crippen LogP contribution in [0.2, 0.25) is 0 Å². The van der Waals surface area contributed by atoms with Crippen LogP contribution in [-0.4, -0.2) is 71.6 Å². The summed E-state index contributed by atoms with van der Waals surface area (Å²) in [5, 5.41) is 7.14. The average Bonchev–Trinajstić information content (AvgIpc) is 2.81. The Morgan fingerprint density at radius 3 is 2.11 bits per heavy atom. The summed E-state index contributed by atoms with van der Waals surface area (Å²) >= 11 is 0. The van der Waals surface area contributed by atoms with Crippen LogP contribution in [0.4, 0.5) is 5.95 Å². The minimum atomic E-state index is -2.15. The van der Waals surface area contributed by atoms with E-state index >= 15 is 0 Å². The summed E-state index contributed by atoms with van der Waals surface area (Å²) in [5.41, 5.74) is 8.67. The zero-order valence-electron chi connectivity index (χ0n) is 30.0. The molecule has 0 amide bonds. The summed E-state index contributed by atoms with van der Waals surface area (Å²) in [6.45, 7) is 32.1. The third-order valence-electron chi connectivity index (χ3n) is 9.04. The number of aromatic nitrogens is 3. The number of nitrogens with one attached hydrogen (secondary N) is 2. The van der Waals surface area contributed by atoms with E-state index in [9.17, 15) is 10.5 Å². The second kappa shape index (κ2) is 12.3. The molecule has 9 heteroatoms. The van der Waals surface area contributed by atoms with Gasteiger partial charge in [-0.25, -0.2) is 4.98 Å². The van der Waals surface area contributed by atoms with E-state index in [1.807, 2.05) is 13.8 Å². The lowest BCUT2D eigenvalue weighted by atomic mass is 9.65. The van der Waals surface area contributed by atoms with E-state index in [1.54, 1.807) is 0 Å². The van der Waals surface area contributed by atoms with Gasteiger partial charge in [0.15, 0.2) is 11.6 Å². The molecule has 2 saturated heterocycles. The Hall–Kier alpha value is -1.97. The van der Waals surface area contributed by atoms with E-state index in [2.05, 4.69) is 115 Å². The van der Waals surface area contributed by atoms with Gasteiger partial charge >= 0.3 is 0 Å². The average molecular weight is 609 g/mol. The summed E-state index contributed by atoms with van der Waals surface area (Å²) < 4.78 is 0. The number of hydrogen-bond acceptors (Lipinski definition) is 8. The smallest absolute Gasteiger partial charge is 0.227 e. The van der Waals surface area contributed by atoms with Gasteiger partial charge in [-0.3, -0.25) is 14.7 Å². The third-order valence-corrected chi connectivity index (χ3v) is 9.04. The van der Waals surface area contributed by atoms with Crippen molar-refractivity contribution in [3.05, 3.63) is 19.1 Å². The summed E-state index contributed by atoms with van der Waals surface area (Å²) in [6, 6.07) is -0.113. The topological polar surface area (TPSA) is 118 Å². The Labute approximate surface area is 268 Å². The standard InChI is InChI=1S/C35H60N8O/c1-15-16-17-18-19-43-33(11,12)25(39-24-20-30(5,6)42-31(7,8)21-24)35(36,26(44)34(43,13)14)27-37-23-38-28(40-27)41-32(9,10)22-29(2,3)4/h24,42H,1,15-22H2,2-14H3,(H,37,38,40,41). The highest BCUT2D eigenvalue weighted by Crippen LogP contribution is 2.44. The second-order valence-corrected chi connectivity index (χ2v) is 17.5. The fraction of sp³-hybridized carbons (Fsp3) is 0.829. The zero-order chi connectivity index (χ0) is 33.6. The predicted molar refractivity (Wildman–Crippen MR) is 180 cm³/mol. The van der Waals surface area contributed by atoms with Crippen molar-refractivity contribution in [2.24, 2.45) is 10.4 Å². The van der Waals surface area contributed by atoms with Crippen molar-refractivity contribution in [1.82, 2.24) is 30.9 Å². The van der Waals surface area contributed by atoms with E-state index in [0.717, 1.165) is 44.9 Å². The lowest BCUT2D eigenvalue weighted by Crippen LogP contribution is -2.76. The Bertz CT molecular complexity index is 1190. The number of anilines is 1. The Morgan fingerprint density at radius 2 is 1.57 bits per heavy atom. The summed E-state index contributed by atoms with van der Waals surface area (Å²) in [6.07, 6.45) is 8.95. The number of rotatable bonds is 10. The molecular weight excluding hydrogens is 548 g/mol. The summed E-state index contributed by atoms with van der Waals surface area (Å²) in [7, 11) is 0. The first-order valence-corrected chi connectivity index (χ1v) is 16.5. The van der Waals surface area contributed by atoms with Gasteiger partial charge in [-0.2, -0.15) is 9.97 Å². The Balaban J connectivity index is 2.20. The molecule has 2 aliphatic heterocycles. The lowest BCUT2D eigenvalue weighted by Gasteiger charge is -2.57. The van der Waals surface area contributed by atoms with Crippen molar-refractivity contribution in [1.29, 1.82) is 0 Å². The van der Waals surface area contributed by atoms with E-state index in [0.29, 0.717) is 12.3 Å². The molecule has 0 aliphatic carbocycles. The first-order chi connectivity index (χ1) is 19.9. The number of hydrogen-bond donors (Lipinski definition) is 2. The van der Waals surface area contributed by atoms with Gasteiger partial charge in [0.25, 0.3) is 0 Å². The molecule has 2 N–H and O–H groups in total. The van der Waals surface area contributed by atoms with E-state index in [-0.39, 0.29) is 45.6 Å². The Kier molecular flexibility index (Phi) is 10.2. The lowest BCUT2D eigenvalue weighted by molar-refractivity contribution is -0.139. The maximum absolute atomic E-state index is 14.7. The fourth-order valence-corrected chi connectivity index (χ4v) is 8.29. The largest absolute Gasteiger partial charge is 0.349 e. The van der Waals surface area contributed by atoms with Gasteiger partial charge < -0.3 is 10.6 Å². The normalized spacial score (nSPS) is 26.6. The van der Waals surface area contributed by atoms with Crippen LogP contribution < -0.4 is 16.4 Å². The monoisotopic (exact) mass is 608 g/mol. The minimum Gasteiger partial charge on any atom is -0.349 e. The van der Waals surface area contributed by atoms with Gasteiger partial charge in [0.2, 0.25) is 17.8 Å². The molecule has 9 nitrogen and oxygen atoms in total. The van der Waals surface area contributed by atoms with Crippen LogP contribution >= 0.6 is 0 Å². The van der Waals surface area contributed by atoms with Gasteiger partial charge in [-0.1, -0.05) is 47.0 Å². The molecule has 1 aromatic rings. The zero-order valence-corrected chi connectivity index (χ0v) is 30.0. The van der Waals surface area contributed by atoms with Crippen molar-refractivity contribution in [2.45, 2.75) is 174 Å². The first kappa shape index (κ1) is 36.5. The van der Waals surface area contributed by atoms with Gasteiger partial charge in [-0.05, 0) is 100 Å². The summed E-state index contributed by atoms with van der Waals surface area (Å²) in [5.74, 6) is -0.136. The molecule has 246 valence electrons. The number of carbonyl (C=O) groups is 1. The number of carbonyl (C=O) groups excluding carboxylic acids is 1. The Morgan fingerprint density at radius 1 is 0.977 bits per heavy atom. The van der Waals surface area contributed by atoms with Gasteiger partial charge in [0.05, 0.1) is 22.8 Å². The predicted octanol–water partition coefficient (Wildman–Crippen LogP) is 6.15. The maximum Gasteiger partial charge on any atom is 0.227 e. The first-order valence-electron chi connectivity index (χ1n) is 16.5. The molecule has 0 saturated carbocycles. The van der Waals surface area contributed by atoms with Gasteiger partial charge in [0.1, 0.15) is 0 Å². The van der Waals surface area contributed by atoms with Gasteiger partial charge in [0, 0.05) is 23.2 Å². The number of piperidine rings is 2. The fourth-order valence-electron chi connectivity index (χ4n) is 8.29. The maximum atomic E-state index is 14.7. The van der Waals surface area contributed by atoms with Crippen molar-refractivity contribution < 1.29 is 4.79 Å². The highest BCUT2D eigenvalue weighted by molar-refractivity contribution is 6.21. The van der Waals surface area contributed by atoms with Crippen molar-refractivity contribution in [2.75, 3.05) is 11.9 Å². The molecule has 1 aromatic heterocycles. The highest BCUT2D eigenvalue weighted by atomic mass is 16.1. The molecule has 0 bridgehead atoms. The molecule has 1 unspecified atom stereocenters. The van der Waals surface area contributed by atoms with Crippen LogP contribution in [0.15, 0.2) is 4.99 Å². The molecule has 44 heavy (non-hydrogen) atoms. The highest BCUT2D eigenvalue weighted by Gasteiger charge is 2.65. The van der Waals surface area contributed by atoms with Crippen molar-refractivity contribution in [3.8, 4) is 0 Å². The summed E-state index contributed by atoms with van der Waals surface area (Å²) in [4.78, 5) is 35.6. The van der Waals surface area contributed by atoms with E-state index in [4.69, 9.17) is 9.98 Å². The van der Waals surface area contributed by atoms with Crippen LogP contribution in [0.1, 0.15) is 141 Å². The van der Waals surface area contributed by atoms with Crippen molar-refractivity contribution in [3.63, 3.8) is 0 Å². The van der Waals surface area contributed by atoms with E-state index in [1.165, 1.54) is 0 Å². The van der Waals surface area contributed by atoms with E-state index < -0.39 is 16.6 Å². The molecule has 2 aliphatic rings. The van der Waals surface area contributed by atoms with Crippen LogP contribution in [0, 0.1) is 18.7 Å². The number of likely N-dealkylation sites (tertiary alicyclic amines) is 1. The number of aliphatic imine (C=N–C) groups is 1. The minimum absolute atomic E-state index is 0.0318. The third kappa shape index (κ3) is 8.05. The molecule has 4 radical (unpaired) electrons. The quantitative estimate of drug-likeness (QED) is 0.306. The van der Waals surface area contributed by atoms with Gasteiger partial charge in [-0.15, -0.1) is 5.73 Å². The number of Topliss-reactive ketones (excluding diaryl/α,β-unsaturated/α-hetero) is 1. The SMILES string of the molecule is [CH2]CCCCCN1C(C)(C)C(=O)C([N])(c2n[c]nc(NC(C)(C)CC(C)(C)C)n2)C(=NC2CC(C)(C)NC(C)(C)C2)C1(C)C. The van der Waals surface area contributed by atoms with Crippen LogP contribution in [0.3, 0.4) is 0 Å². The molecule has 0 aromatic carbocycles. The number of ketones is 1. The van der Waals surface area contributed by atoms with Crippen LogP contribution in [-0.2, 0) is 10.3 Å². The molecular formula is C35H60N8O. The molecule has 0 spiro atoms. The van der Waals surface area contributed by atoms with Crippen molar-refractivity contribution >= 4 is 17.4 Å².